The Labute approximate surface area is 139 Å². The van der Waals surface area contributed by atoms with Crippen LogP contribution in [-0.2, 0) is 13.1 Å². The van der Waals surface area contributed by atoms with E-state index in [2.05, 4.69) is 71.2 Å². The molecule has 2 nitrogen and oxygen atoms in total. The van der Waals surface area contributed by atoms with Crippen molar-refractivity contribution >= 4 is 33.4 Å². The van der Waals surface area contributed by atoms with Gasteiger partial charge in [-0.1, -0.05) is 41.1 Å². The van der Waals surface area contributed by atoms with Crippen molar-refractivity contribution in [1.82, 2.24) is 0 Å². The first-order chi connectivity index (χ1) is 10.2. The lowest BCUT2D eigenvalue weighted by Crippen LogP contribution is -2.19. The highest BCUT2D eigenvalue weighted by atomic mass is 79.9. The van der Waals surface area contributed by atoms with Gasteiger partial charge in [0, 0.05) is 40.8 Å². The quantitative estimate of drug-likeness (QED) is 0.756. The molecule has 0 radical (unpaired) electrons. The number of nitrogens with two attached hydrogens (primary N) is 1. The van der Waals surface area contributed by atoms with Crippen LogP contribution in [0.15, 0.2) is 51.8 Å². The average molecular weight is 365 g/mol. The van der Waals surface area contributed by atoms with Crippen LogP contribution in [0.3, 0.4) is 0 Å². The molecule has 2 aromatic carbocycles. The van der Waals surface area contributed by atoms with Gasteiger partial charge in [-0.05, 0) is 35.6 Å². The van der Waals surface area contributed by atoms with E-state index in [1.54, 1.807) is 0 Å². The number of nitrogens with zero attached hydrogens (tertiary/aromatic N) is 1. The second kappa shape index (κ2) is 7.87. The van der Waals surface area contributed by atoms with E-state index in [0.717, 1.165) is 16.8 Å². The molecule has 0 unspecified atom stereocenters. The van der Waals surface area contributed by atoms with Crippen LogP contribution in [0.25, 0.3) is 0 Å². The van der Waals surface area contributed by atoms with Gasteiger partial charge < -0.3 is 10.6 Å². The van der Waals surface area contributed by atoms with Gasteiger partial charge in [0.25, 0.3) is 0 Å². The van der Waals surface area contributed by atoms with Gasteiger partial charge in [-0.25, -0.2) is 0 Å². The van der Waals surface area contributed by atoms with Crippen molar-refractivity contribution in [3.05, 3.63) is 58.1 Å². The molecule has 0 bridgehead atoms. The zero-order chi connectivity index (χ0) is 15.2. The topological polar surface area (TPSA) is 29.3 Å². The molecular weight excluding hydrogens is 344 g/mol. The third kappa shape index (κ3) is 4.25. The molecule has 0 amide bonds. The van der Waals surface area contributed by atoms with Crippen LogP contribution in [0, 0.1) is 0 Å². The number of hydrogen-bond donors (Lipinski definition) is 1. The lowest BCUT2D eigenvalue weighted by atomic mass is 10.1. The Balaban J connectivity index is 2.26. The molecule has 0 spiro atoms. The lowest BCUT2D eigenvalue weighted by molar-refractivity contribution is 0.893. The number of thioether (sulfide) groups is 1. The summed E-state index contributed by atoms with van der Waals surface area (Å²) < 4.78 is 1.11. The molecule has 0 saturated heterocycles. The van der Waals surface area contributed by atoms with Crippen LogP contribution >= 0.6 is 27.7 Å². The summed E-state index contributed by atoms with van der Waals surface area (Å²) in [5.41, 5.74) is 9.73. The van der Waals surface area contributed by atoms with E-state index < -0.39 is 0 Å². The van der Waals surface area contributed by atoms with Crippen molar-refractivity contribution in [2.75, 3.05) is 17.7 Å². The zero-order valence-corrected chi connectivity index (χ0v) is 14.9. The zero-order valence-electron chi connectivity index (χ0n) is 12.5. The van der Waals surface area contributed by atoms with Crippen LogP contribution in [0.4, 0.5) is 5.69 Å². The minimum Gasteiger partial charge on any atom is -0.370 e. The molecule has 4 heteroatoms. The van der Waals surface area contributed by atoms with Crippen LogP contribution < -0.4 is 10.6 Å². The van der Waals surface area contributed by atoms with Crippen molar-refractivity contribution in [1.29, 1.82) is 0 Å². The van der Waals surface area contributed by atoms with E-state index in [9.17, 15) is 0 Å². The minimum absolute atomic E-state index is 0.571. The Morgan fingerprint density at radius 3 is 2.62 bits per heavy atom. The van der Waals surface area contributed by atoms with Crippen molar-refractivity contribution in [3.8, 4) is 0 Å². The molecule has 21 heavy (non-hydrogen) atoms. The number of anilines is 1. The number of halogens is 1. The molecule has 2 rings (SSSR count). The first-order valence-electron chi connectivity index (χ1n) is 7.06. The van der Waals surface area contributed by atoms with Crippen LogP contribution in [0.5, 0.6) is 0 Å². The highest BCUT2D eigenvalue weighted by Gasteiger charge is 2.11. The van der Waals surface area contributed by atoms with Crippen molar-refractivity contribution in [2.45, 2.75) is 24.9 Å². The largest absolute Gasteiger partial charge is 0.370 e. The standard InChI is InChI=1S/C17H21BrN2S/c1-3-21-17-9-5-8-16(15(17)11-19)20(2)12-13-6-4-7-14(18)10-13/h4-10H,3,11-12,19H2,1-2H3. The molecule has 0 heterocycles. The number of benzene rings is 2. The lowest BCUT2D eigenvalue weighted by Gasteiger charge is -2.24. The SMILES string of the molecule is CCSc1cccc(N(C)Cc2cccc(Br)c2)c1CN. The molecule has 0 aliphatic heterocycles. The molecule has 0 aromatic heterocycles. The summed E-state index contributed by atoms with van der Waals surface area (Å²) in [6.45, 7) is 3.61. The number of hydrogen-bond acceptors (Lipinski definition) is 3. The van der Waals surface area contributed by atoms with Crippen LogP contribution in [0.2, 0.25) is 0 Å². The summed E-state index contributed by atoms with van der Waals surface area (Å²) in [4.78, 5) is 3.56. The minimum atomic E-state index is 0.571. The fourth-order valence-corrected chi connectivity index (χ4v) is 3.70. The van der Waals surface area contributed by atoms with Gasteiger partial charge in [-0.15, -0.1) is 11.8 Å². The third-order valence-electron chi connectivity index (χ3n) is 3.33. The molecular formula is C17H21BrN2S. The van der Waals surface area contributed by atoms with E-state index in [4.69, 9.17) is 5.73 Å². The predicted octanol–water partition coefficient (Wildman–Crippen LogP) is 4.66. The summed E-state index contributed by atoms with van der Waals surface area (Å²) >= 11 is 5.38. The molecule has 112 valence electrons. The van der Waals surface area contributed by atoms with E-state index in [1.807, 2.05) is 17.8 Å². The predicted molar refractivity (Wildman–Crippen MR) is 97.0 cm³/mol. The van der Waals surface area contributed by atoms with Crippen LogP contribution in [0.1, 0.15) is 18.1 Å². The fraction of sp³-hybridized carbons (Fsp3) is 0.294. The maximum Gasteiger partial charge on any atom is 0.0426 e. The molecule has 2 aromatic rings. The number of rotatable bonds is 6. The second-order valence-corrected chi connectivity index (χ2v) is 7.10. The van der Waals surface area contributed by atoms with Gasteiger partial charge in [-0.3, -0.25) is 0 Å². The first kappa shape index (κ1) is 16.4. The summed E-state index contributed by atoms with van der Waals surface area (Å²) in [5.74, 6) is 1.06. The molecule has 0 atom stereocenters. The summed E-state index contributed by atoms with van der Waals surface area (Å²) in [6.07, 6.45) is 0. The third-order valence-corrected chi connectivity index (χ3v) is 4.81. The van der Waals surface area contributed by atoms with Gasteiger partial charge >= 0.3 is 0 Å². The van der Waals surface area contributed by atoms with E-state index in [0.29, 0.717) is 6.54 Å². The smallest absolute Gasteiger partial charge is 0.0426 e. The molecule has 0 saturated carbocycles. The van der Waals surface area contributed by atoms with E-state index >= 15 is 0 Å². The highest BCUT2D eigenvalue weighted by Crippen LogP contribution is 2.30. The van der Waals surface area contributed by atoms with Gasteiger partial charge in [0.05, 0.1) is 0 Å². The molecule has 2 N–H and O–H groups in total. The molecule has 0 fully saturated rings. The normalized spacial score (nSPS) is 10.7. The summed E-state index contributed by atoms with van der Waals surface area (Å²) in [7, 11) is 2.12. The second-order valence-electron chi connectivity index (χ2n) is 4.88. The highest BCUT2D eigenvalue weighted by molar-refractivity contribution is 9.10. The fourth-order valence-electron chi connectivity index (χ4n) is 2.40. The summed E-state index contributed by atoms with van der Waals surface area (Å²) in [6, 6.07) is 14.8. The Kier molecular flexibility index (Phi) is 6.15. The van der Waals surface area contributed by atoms with E-state index in [-0.39, 0.29) is 0 Å². The van der Waals surface area contributed by atoms with Gasteiger partial charge in [0.2, 0.25) is 0 Å². The average Bonchev–Trinajstić information content (AvgIpc) is 2.47. The van der Waals surface area contributed by atoms with E-state index in [1.165, 1.54) is 21.7 Å². The Bertz CT molecular complexity index is 601. The van der Waals surface area contributed by atoms with Gasteiger partial charge in [0.1, 0.15) is 0 Å². The van der Waals surface area contributed by atoms with Gasteiger partial charge in [0.15, 0.2) is 0 Å². The van der Waals surface area contributed by atoms with Crippen molar-refractivity contribution in [2.24, 2.45) is 5.73 Å². The van der Waals surface area contributed by atoms with Crippen molar-refractivity contribution in [3.63, 3.8) is 0 Å². The first-order valence-corrected chi connectivity index (χ1v) is 8.84. The Hall–Kier alpha value is -0.970. The van der Waals surface area contributed by atoms with Gasteiger partial charge in [-0.2, -0.15) is 0 Å². The van der Waals surface area contributed by atoms with Crippen LogP contribution in [-0.4, -0.2) is 12.8 Å². The van der Waals surface area contributed by atoms with Crippen molar-refractivity contribution < 1.29 is 0 Å². The monoisotopic (exact) mass is 364 g/mol. The summed E-state index contributed by atoms with van der Waals surface area (Å²) in [5, 5.41) is 0. The molecule has 0 aliphatic carbocycles. The Morgan fingerprint density at radius 1 is 1.19 bits per heavy atom. The maximum absolute atomic E-state index is 5.99. The molecule has 0 aliphatic rings. The maximum atomic E-state index is 5.99. The Morgan fingerprint density at radius 2 is 1.95 bits per heavy atom.